The maximum atomic E-state index is 12.8. The number of piperidine rings is 1. The summed E-state index contributed by atoms with van der Waals surface area (Å²) in [7, 11) is -3.47. The number of carboxylic acid groups (broad SMARTS) is 1. The molecule has 21 heavy (non-hydrogen) atoms. The lowest BCUT2D eigenvalue weighted by molar-refractivity contribution is -0.137. The quantitative estimate of drug-likeness (QED) is 0.705. The molecule has 7 heteroatoms. The molecule has 1 saturated heterocycles. The van der Waals surface area contributed by atoms with E-state index in [1.165, 1.54) is 0 Å². The van der Waals surface area contributed by atoms with E-state index in [0.29, 0.717) is 26.1 Å². The lowest BCUT2D eigenvalue weighted by atomic mass is 10.0. The molecule has 0 aromatic heterocycles. The fraction of sp³-hybridized carbons (Fsp3) is 0.929. The van der Waals surface area contributed by atoms with Crippen LogP contribution in [0.3, 0.4) is 0 Å². The first-order valence-corrected chi connectivity index (χ1v) is 9.31. The van der Waals surface area contributed by atoms with Crippen LogP contribution in [-0.2, 0) is 15.0 Å². The number of hydrogen-bond acceptors (Lipinski definition) is 3. The first-order chi connectivity index (χ1) is 9.93. The molecule has 0 aromatic rings. The molecular formula is C14H28N2O4S. The highest BCUT2D eigenvalue weighted by atomic mass is 32.2. The van der Waals surface area contributed by atoms with Gasteiger partial charge in [-0.25, -0.2) is 0 Å². The van der Waals surface area contributed by atoms with Gasteiger partial charge in [0, 0.05) is 32.1 Å². The summed E-state index contributed by atoms with van der Waals surface area (Å²) in [6, 6.07) is -0.170. The molecule has 0 radical (unpaired) electrons. The van der Waals surface area contributed by atoms with Crippen LogP contribution in [0.4, 0.5) is 0 Å². The van der Waals surface area contributed by atoms with Gasteiger partial charge < -0.3 is 5.11 Å². The third kappa shape index (κ3) is 5.23. The zero-order chi connectivity index (χ0) is 15.9. The van der Waals surface area contributed by atoms with Crippen LogP contribution in [0.5, 0.6) is 0 Å². The molecule has 1 aliphatic heterocycles. The second kappa shape index (κ2) is 8.70. The first kappa shape index (κ1) is 18.4. The van der Waals surface area contributed by atoms with E-state index in [0.717, 1.165) is 32.1 Å². The van der Waals surface area contributed by atoms with Gasteiger partial charge in [0.2, 0.25) is 0 Å². The monoisotopic (exact) mass is 320 g/mol. The number of carbonyl (C=O) groups is 1. The van der Waals surface area contributed by atoms with Crippen molar-refractivity contribution in [1.29, 1.82) is 0 Å². The molecule has 0 spiro atoms. The van der Waals surface area contributed by atoms with E-state index in [1.54, 1.807) is 8.61 Å². The smallest absolute Gasteiger partial charge is 0.303 e. The van der Waals surface area contributed by atoms with E-state index in [1.807, 2.05) is 13.8 Å². The molecular weight excluding hydrogens is 292 g/mol. The van der Waals surface area contributed by atoms with Gasteiger partial charge >= 0.3 is 5.97 Å². The van der Waals surface area contributed by atoms with Crippen molar-refractivity contribution in [1.82, 2.24) is 8.61 Å². The van der Waals surface area contributed by atoms with E-state index in [-0.39, 0.29) is 12.5 Å². The summed E-state index contributed by atoms with van der Waals surface area (Å²) in [4.78, 5) is 10.8. The highest BCUT2D eigenvalue weighted by Crippen LogP contribution is 2.26. The predicted molar refractivity (Wildman–Crippen MR) is 82.3 cm³/mol. The zero-order valence-electron chi connectivity index (χ0n) is 13.1. The van der Waals surface area contributed by atoms with Crippen LogP contribution in [0.2, 0.25) is 0 Å². The van der Waals surface area contributed by atoms with Crippen molar-refractivity contribution < 1.29 is 18.3 Å². The van der Waals surface area contributed by atoms with E-state index >= 15 is 0 Å². The Morgan fingerprint density at radius 1 is 1.24 bits per heavy atom. The molecule has 1 aliphatic rings. The van der Waals surface area contributed by atoms with Crippen LogP contribution < -0.4 is 0 Å². The van der Waals surface area contributed by atoms with Gasteiger partial charge in [-0.15, -0.1) is 0 Å². The Labute approximate surface area is 128 Å². The molecule has 0 aromatic carbocycles. The van der Waals surface area contributed by atoms with Gasteiger partial charge in [-0.1, -0.05) is 20.3 Å². The average Bonchev–Trinajstić information content (AvgIpc) is 2.45. The summed E-state index contributed by atoms with van der Waals surface area (Å²) in [5.41, 5.74) is 0. The minimum Gasteiger partial charge on any atom is -0.481 e. The summed E-state index contributed by atoms with van der Waals surface area (Å²) in [6.07, 6.45) is 4.59. The van der Waals surface area contributed by atoms with Crippen molar-refractivity contribution in [2.24, 2.45) is 0 Å². The molecule has 1 unspecified atom stereocenters. The Kier molecular flexibility index (Phi) is 7.62. The minimum absolute atomic E-state index is 0.0260. The second-order valence-corrected chi connectivity index (χ2v) is 7.48. The molecule has 124 valence electrons. The minimum atomic E-state index is -3.47. The van der Waals surface area contributed by atoms with Crippen LogP contribution in [0, 0.1) is 0 Å². The van der Waals surface area contributed by atoms with E-state index < -0.39 is 16.2 Å². The summed E-state index contributed by atoms with van der Waals surface area (Å²) in [5, 5.41) is 8.83. The molecule has 1 rings (SSSR count). The van der Waals surface area contributed by atoms with Crippen molar-refractivity contribution >= 4 is 16.2 Å². The van der Waals surface area contributed by atoms with Gasteiger partial charge in [0.05, 0.1) is 0 Å². The Bertz CT molecular complexity index is 419. The molecule has 0 bridgehead atoms. The fourth-order valence-corrected chi connectivity index (χ4v) is 4.92. The fourth-order valence-electron chi connectivity index (χ4n) is 2.85. The maximum absolute atomic E-state index is 12.8. The summed E-state index contributed by atoms with van der Waals surface area (Å²) < 4.78 is 28.7. The van der Waals surface area contributed by atoms with Gasteiger partial charge in [-0.2, -0.15) is 17.0 Å². The largest absolute Gasteiger partial charge is 0.481 e. The number of aliphatic carboxylic acids is 1. The highest BCUT2D eigenvalue weighted by Gasteiger charge is 2.35. The predicted octanol–water partition coefficient (Wildman–Crippen LogP) is 2.07. The Morgan fingerprint density at radius 3 is 2.38 bits per heavy atom. The van der Waals surface area contributed by atoms with Crippen molar-refractivity contribution in [3.8, 4) is 0 Å². The number of hydrogen-bond donors (Lipinski definition) is 1. The van der Waals surface area contributed by atoms with Gasteiger partial charge in [-0.3, -0.25) is 4.79 Å². The van der Waals surface area contributed by atoms with Crippen molar-refractivity contribution in [2.75, 3.05) is 19.6 Å². The number of rotatable bonds is 9. The topological polar surface area (TPSA) is 77.9 Å². The molecule has 1 heterocycles. The zero-order valence-corrected chi connectivity index (χ0v) is 13.9. The van der Waals surface area contributed by atoms with Crippen molar-refractivity contribution in [3.63, 3.8) is 0 Å². The number of carboxylic acids is 1. The lowest BCUT2D eigenvalue weighted by Crippen LogP contribution is -2.51. The molecule has 0 amide bonds. The molecule has 1 N–H and O–H groups in total. The summed E-state index contributed by atoms with van der Waals surface area (Å²) in [5.74, 6) is -0.864. The lowest BCUT2D eigenvalue weighted by Gasteiger charge is -2.38. The Morgan fingerprint density at radius 2 is 1.86 bits per heavy atom. The third-order valence-corrected chi connectivity index (χ3v) is 5.92. The Balaban J connectivity index is 2.86. The molecule has 6 nitrogen and oxygen atoms in total. The van der Waals surface area contributed by atoms with Gasteiger partial charge in [0.1, 0.15) is 0 Å². The maximum Gasteiger partial charge on any atom is 0.303 e. The van der Waals surface area contributed by atoms with Crippen LogP contribution in [0.1, 0.15) is 58.8 Å². The van der Waals surface area contributed by atoms with Gasteiger partial charge in [0.15, 0.2) is 0 Å². The van der Waals surface area contributed by atoms with Crippen LogP contribution in [0.15, 0.2) is 0 Å². The van der Waals surface area contributed by atoms with Crippen LogP contribution >= 0.6 is 0 Å². The SMILES string of the molecule is CCCN(CCC)S(=O)(=O)N1CCCCC1CCC(=O)O. The molecule has 0 saturated carbocycles. The molecule has 1 fully saturated rings. The van der Waals surface area contributed by atoms with E-state index in [2.05, 4.69) is 0 Å². The molecule has 1 atom stereocenters. The normalized spacial score (nSPS) is 20.8. The average molecular weight is 320 g/mol. The van der Waals surface area contributed by atoms with E-state index in [4.69, 9.17) is 5.11 Å². The van der Waals surface area contributed by atoms with Crippen molar-refractivity contribution in [2.45, 2.75) is 64.8 Å². The summed E-state index contributed by atoms with van der Waals surface area (Å²) >= 11 is 0. The van der Waals surface area contributed by atoms with Crippen LogP contribution in [0.25, 0.3) is 0 Å². The Hall–Kier alpha value is -0.660. The van der Waals surface area contributed by atoms with Crippen molar-refractivity contribution in [3.05, 3.63) is 0 Å². The van der Waals surface area contributed by atoms with Crippen LogP contribution in [-0.4, -0.2) is 53.8 Å². The first-order valence-electron chi connectivity index (χ1n) is 7.92. The highest BCUT2D eigenvalue weighted by molar-refractivity contribution is 7.86. The third-order valence-electron chi connectivity index (χ3n) is 3.83. The summed E-state index contributed by atoms with van der Waals surface area (Å²) in [6.45, 7) is 5.50. The van der Waals surface area contributed by atoms with Gasteiger partial charge in [-0.05, 0) is 32.1 Å². The molecule has 0 aliphatic carbocycles. The number of nitrogens with zero attached hydrogens (tertiary/aromatic N) is 2. The van der Waals surface area contributed by atoms with Gasteiger partial charge in [0.25, 0.3) is 10.2 Å². The standard InChI is InChI=1S/C14H28N2O4S/c1-3-10-15(11-4-2)21(19,20)16-12-6-5-7-13(16)8-9-14(17)18/h13H,3-12H2,1-2H3,(H,17,18). The second-order valence-electron chi connectivity index (χ2n) is 5.60. The van der Waals surface area contributed by atoms with E-state index in [9.17, 15) is 13.2 Å².